The molecule has 1 saturated heterocycles. The fourth-order valence-corrected chi connectivity index (χ4v) is 3.95. The summed E-state index contributed by atoms with van der Waals surface area (Å²) in [5, 5.41) is 8.03. The molecule has 0 bridgehead atoms. The molecule has 26 heavy (non-hydrogen) atoms. The van der Waals surface area contributed by atoms with E-state index < -0.39 is 0 Å². The van der Waals surface area contributed by atoms with Gasteiger partial charge in [0, 0.05) is 30.7 Å². The van der Waals surface area contributed by atoms with E-state index in [-0.39, 0.29) is 24.0 Å². The van der Waals surface area contributed by atoms with E-state index >= 15 is 0 Å². The van der Waals surface area contributed by atoms with Crippen LogP contribution in [0, 0.1) is 5.41 Å². The van der Waals surface area contributed by atoms with Crippen LogP contribution in [0.25, 0.3) is 11.4 Å². The first-order valence-electron chi connectivity index (χ1n) is 8.72. The summed E-state index contributed by atoms with van der Waals surface area (Å²) >= 11 is 6.02. The van der Waals surface area contributed by atoms with Crippen LogP contribution in [0.2, 0.25) is 5.02 Å². The highest BCUT2D eigenvalue weighted by atomic mass is 127. The molecule has 1 spiro atoms. The number of hydrogen-bond acceptors (Lipinski definition) is 4. The van der Waals surface area contributed by atoms with Gasteiger partial charge in [-0.3, -0.25) is 4.99 Å². The number of halogens is 2. The molecule has 2 fully saturated rings. The Labute approximate surface area is 175 Å². The van der Waals surface area contributed by atoms with Crippen LogP contribution in [0.1, 0.15) is 31.6 Å². The molecule has 2 aliphatic rings. The SMILES string of the molecule is CN=C(NCc1nc(-c2cccc(Cl)c2)no1)N1CCC2(CCC2)C1.I. The molecule has 1 aromatic carbocycles. The molecule has 8 heteroatoms. The van der Waals surface area contributed by atoms with Crippen LogP contribution >= 0.6 is 35.6 Å². The lowest BCUT2D eigenvalue weighted by molar-refractivity contribution is 0.151. The third-order valence-electron chi connectivity index (χ3n) is 5.31. The molecule has 1 aliphatic carbocycles. The topological polar surface area (TPSA) is 66.5 Å². The van der Waals surface area contributed by atoms with Gasteiger partial charge in [0.1, 0.15) is 0 Å². The lowest BCUT2D eigenvalue weighted by atomic mass is 9.68. The van der Waals surface area contributed by atoms with E-state index in [1.54, 1.807) is 0 Å². The number of rotatable bonds is 3. The first-order chi connectivity index (χ1) is 12.2. The Bertz CT molecular complexity index is 789. The van der Waals surface area contributed by atoms with Crippen molar-refractivity contribution >= 4 is 41.5 Å². The number of nitrogens with zero attached hydrogens (tertiary/aromatic N) is 4. The van der Waals surface area contributed by atoms with E-state index in [9.17, 15) is 0 Å². The zero-order valence-electron chi connectivity index (χ0n) is 14.7. The minimum atomic E-state index is 0. The molecule has 2 heterocycles. The van der Waals surface area contributed by atoms with Gasteiger partial charge in [-0.05, 0) is 36.8 Å². The Balaban J connectivity index is 0.00000196. The van der Waals surface area contributed by atoms with Crippen molar-refractivity contribution in [3.63, 3.8) is 0 Å². The fraction of sp³-hybridized carbons (Fsp3) is 0.500. The maximum atomic E-state index is 6.02. The van der Waals surface area contributed by atoms with E-state index in [0.29, 0.717) is 28.7 Å². The zero-order valence-corrected chi connectivity index (χ0v) is 17.8. The number of likely N-dealkylation sites (tertiary alicyclic amines) is 1. The molecule has 1 N–H and O–H groups in total. The van der Waals surface area contributed by atoms with E-state index in [1.165, 1.54) is 25.7 Å². The highest BCUT2D eigenvalue weighted by molar-refractivity contribution is 14.0. The molecule has 140 valence electrons. The van der Waals surface area contributed by atoms with Crippen molar-refractivity contribution < 1.29 is 4.52 Å². The van der Waals surface area contributed by atoms with Gasteiger partial charge in [-0.15, -0.1) is 24.0 Å². The van der Waals surface area contributed by atoms with Crippen LogP contribution in [0.5, 0.6) is 0 Å². The van der Waals surface area contributed by atoms with Crippen LogP contribution < -0.4 is 5.32 Å². The third kappa shape index (κ3) is 3.98. The second-order valence-electron chi connectivity index (χ2n) is 6.95. The van der Waals surface area contributed by atoms with Crippen molar-refractivity contribution in [3.8, 4) is 11.4 Å². The minimum absolute atomic E-state index is 0. The molecule has 0 atom stereocenters. The monoisotopic (exact) mass is 487 g/mol. The van der Waals surface area contributed by atoms with Crippen LogP contribution in [0.4, 0.5) is 0 Å². The van der Waals surface area contributed by atoms with Gasteiger partial charge < -0.3 is 14.7 Å². The van der Waals surface area contributed by atoms with Crippen LogP contribution in [-0.4, -0.2) is 41.1 Å². The predicted octanol–water partition coefficient (Wildman–Crippen LogP) is 3.96. The summed E-state index contributed by atoms with van der Waals surface area (Å²) in [7, 11) is 1.82. The van der Waals surface area contributed by atoms with E-state index in [2.05, 4.69) is 25.3 Å². The van der Waals surface area contributed by atoms with Gasteiger partial charge in [-0.1, -0.05) is 35.3 Å². The standard InChI is InChI=1S/C18H22ClN5O.HI/c1-20-17(24-9-8-18(12-24)6-3-7-18)21-11-15-22-16(23-25-15)13-4-2-5-14(19)10-13;/h2,4-5,10H,3,6-9,11-12H2,1H3,(H,20,21);1H. The molecule has 1 saturated carbocycles. The van der Waals surface area contributed by atoms with Crippen molar-refractivity contribution in [2.24, 2.45) is 10.4 Å². The molecule has 0 amide bonds. The first-order valence-corrected chi connectivity index (χ1v) is 9.09. The summed E-state index contributed by atoms with van der Waals surface area (Å²) in [4.78, 5) is 11.2. The fourth-order valence-electron chi connectivity index (χ4n) is 3.76. The summed E-state index contributed by atoms with van der Waals surface area (Å²) < 4.78 is 5.35. The van der Waals surface area contributed by atoms with Crippen LogP contribution in [-0.2, 0) is 6.54 Å². The van der Waals surface area contributed by atoms with Gasteiger partial charge >= 0.3 is 0 Å². The van der Waals surface area contributed by atoms with Crippen molar-refractivity contribution in [3.05, 3.63) is 35.2 Å². The largest absolute Gasteiger partial charge is 0.347 e. The Morgan fingerprint density at radius 2 is 2.23 bits per heavy atom. The second kappa shape index (κ2) is 8.12. The first kappa shape index (κ1) is 19.4. The molecule has 0 radical (unpaired) electrons. The molecule has 4 rings (SSSR count). The van der Waals surface area contributed by atoms with Crippen LogP contribution in [0.15, 0.2) is 33.8 Å². The third-order valence-corrected chi connectivity index (χ3v) is 5.55. The predicted molar refractivity (Wildman–Crippen MR) is 113 cm³/mol. The summed E-state index contributed by atoms with van der Waals surface area (Å²) in [5.41, 5.74) is 1.39. The summed E-state index contributed by atoms with van der Waals surface area (Å²) in [6.07, 6.45) is 5.35. The molecule has 0 unspecified atom stereocenters. The Morgan fingerprint density at radius 3 is 2.88 bits per heavy atom. The number of guanidine groups is 1. The van der Waals surface area contributed by atoms with Crippen LogP contribution in [0.3, 0.4) is 0 Å². The Hall–Kier alpha value is -1.35. The second-order valence-corrected chi connectivity index (χ2v) is 7.38. The molecule has 2 aromatic rings. The number of benzene rings is 1. The highest BCUT2D eigenvalue weighted by Crippen LogP contribution is 2.47. The van der Waals surface area contributed by atoms with Gasteiger partial charge in [0.05, 0.1) is 6.54 Å². The lowest BCUT2D eigenvalue weighted by Crippen LogP contribution is -2.42. The van der Waals surface area contributed by atoms with Crippen molar-refractivity contribution in [2.75, 3.05) is 20.1 Å². The van der Waals surface area contributed by atoms with Gasteiger partial charge in [0.25, 0.3) is 0 Å². The van der Waals surface area contributed by atoms with E-state index in [4.69, 9.17) is 16.1 Å². The zero-order chi connectivity index (χ0) is 17.3. The van der Waals surface area contributed by atoms with Crippen molar-refractivity contribution in [2.45, 2.75) is 32.2 Å². The maximum absolute atomic E-state index is 6.02. The van der Waals surface area contributed by atoms with E-state index in [0.717, 1.165) is 24.6 Å². The molecular weight excluding hydrogens is 465 g/mol. The number of hydrogen-bond donors (Lipinski definition) is 1. The molecule has 1 aromatic heterocycles. The summed E-state index contributed by atoms with van der Waals surface area (Å²) in [5.74, 6) is 1.99. The molecular formula is C18H23ClIN5O. The van der Waals surface area contributed by atoms with Crippen molar-refractivity contribution in [1.29, 1.82) is 0 Å². The van der Waals surface area contributed by atoms with Gasteiger partial charge in [-0.2, -0.15) is 4.98 Å². The Kier molecular flexibility index (Phi) is 6.06. The normalized spacial score (nSPS) is 18.5. The average Bonchev–Trinajstić information content (AvgIpc) is 3.22. The average molecular weight is 488 g/mol. The van der Waals surface area contributed by atoms with E-state index in [1.807, 2.05) is 31.3 Å². The summed E-state index contributed by atoms with van der Waals surface area (Å²) in [6.45, 7) is 2.63. The van der Waals surface area contributed by atoms with Gasteiger partial charge in [0.15, 0.2) is 5.96 Å². The smallest absolute Gasteiger partial charge is 0.246 e. The lowest BCUT2D eigenvalue weighted by Gasteiger charge is -2.38. The Morgan fingerprint density at radius 1 is 1.38 bits per heavy atom. The number of aliphatic imine (C=N–C) groups is 1. The highest BCUT2D eigenvalue weighted by Gasteiger charge is 2.43. The summed E-state index contributed by atoms with van der Waals surface area (Å²) in [6, 6.07) is 7.43. The number of aromatic nitrogens is 2. The van der Waals surface area contributed by atoms with Crippen molar-refractivity contribution in [1.82, 2.24) is 20.4 Å². The van der Waals surface area contributed by atoms with Gasteiger partial charge in [0.2, 0.25) is 11.7 Å². The maximum Gasteiger partial charge on any atom is 0.246 e. The molecule has 6 nitrogen and oxygen atoms in total. The quantitative estimate of drug-likeness (QED) is 0.403. The number of nitrogens with one attached hydrogen (secondary N) is 1. The van der Waals surface area contributed by atoms with Gasteiger partial charge in [-0.25, -0.2) is 0 Å². The minimum Gasteiger partial charge on any atom is -0.347 e. The molecule has 1 aliphatic heterocycles.